The smallest absolute Gasteiger partial charge is 0.115 e. The number of hydrogen-bond donors (Lipinski definition) is 2. The molecule has 4 heteroatoms. The van der Waals surface area contributed by atoms with Gasteiger partial charge in [0.15, 0.2) is 0 Å². The number of benzene rings is 1. The molecule has 130 valence electrons. The summed E-state index contributed by atoms with van der Waals surface area (Å²) in [6.07, 6.45) is 6.44. The lowest BCUT2D eigenvalue weighted by Crippen LogP contribution is -2.68. The van der Waals surface area contributed by atoms with Gasteiger partial charge in [0.1, 0.15) is 5.75 Å². The van der Waals surface area contributed by atoms with Crippen LogP contribution in [0.3, 0.4) is 0 Å². The van der Waals surface area contributed by atoms with Crippen LogP contribution in [0.5, 0.6) is 5.75 Å². The van der Waals surface area contributed by atoms with Gasteiger partial charge in [0, 0.05) is 24.0 Å². The van der Waals surface area contributed by atoms with Gasteiger partial charge in [0.05, 0.1) is 12.7 Å². The summed E-state index contributed by atoms with van der Waals surface area (Å²) < 4.78 is 6.49. The van der Waals surface area contributed by atoms with Gasteiger partial charge in [-0.3, -0.25) is 4.90 Å². The van der Waals surface area contributed by atoms with Crippen LogP contribution >= 0.6 is 0 Å². The van der Waals surface area contributed by atoms with E-state index in [9.17, 15) is 5.11 Å². The molecule has 5 rings (SSSR count). The third-order valence-electron chi connectivity index (χ3n) is 6.95. The number of rotatable bonds is 3. The van der Waals surface area contributed by atoms with Crippen molar-refractivity contribution in [2.24, 2.45) is 5.92 Å². The average Bonchev–Trinajstić information content (AvgIpc) is 3.41. The average molecular weight is 328 g/mol. The van der Waals surface area contributed by atoms with Crippen LogP contribution in [0.1, 0.15) is 36.8 Å². The molecule has 24 heavy (non-hydrogen) atoms. The molecule has 2 bridgehead atoms. The van der Waals surface area contributed by atoms with Gasteiger partial charge in [-0.05, 0) is 74.9 Å². The zero-order chi connectivity index (χ0) is 16.3. The zero-order valence-electron chi connectivity index (χ0n) is 14.5. The Hall–Kier alpha value is -1.10. The molecule has 1 aromatic rings. The molecule has 3 fully saturated rings. The Kier molecular flexibility index (Phi) is 3.45. The van der Waals surface area contributed by atoms with Crippen LogP contribution in [0.15, 0.2) is 18.2 Å². The molecular formula is C20H28N2O2. The summed E-state index contributed by atoms with van der Waals surface area (Å²) in [7, 11) is 2.04. The number of phenols is 1. The van der Waals surface area contributed by atoms with Crippen molar-refractivity contribution in [2.75, 3.05) is 26.7 Å². The summed E-state index contributed by atoms with van der Waals surface area (Å²) in [6, 6.07) is 6.95. The molecule has 4 unspecified atom stereocenters. The second-order valence-corrected chi connectivity index (χ2v) is 8.40. The number of hydrogen-bond acceptors (Lipinski definition) is 4. The minimum absolute atomic E-state index is 0.0724. The van der Waals surface area contributed by atoms with E-state index in [1.54, 1.807) is 0 Å². The van der Waals surface area contributed by atoms with Crippen molar-refractivity contribution in [3.8, 4) is 5.75 Å². The van der Waals surface area contributed by atoms with E-state index in [-0.39, 0.29) is 11.5 Å². The molecule has 2 saturated heterocycles. The van der Waals surface area contributed by atoms with Gasteiger partial charge in [0.2, 0.25) is 0 Å². The minimum Gasteiger partial charge on any atom is -0.508 e. The summed E-state index contributed by atoms with van der Waals surface area (Å²) in [4.78, 5) is 2.72. The molecule has 4 atom stereocenters. The van der Waals surface area contributed by atoms with E-state index in [4.69, 9.17) is 4.74 Å². The van der Waals surface area contributed by atoms with Crippen LogP contribution < -0.4 is 5.32 Å². The maximum absolute atomic E-state index is 10.1. The summed E-state index contributed by atoms with van der Waals surface area (Å²) in [5.74, 6) is 1.32. The Morgan fingerprint density at radius 3 is 3.04 bits per heavy atom. The highest BCUT2D eigenvalue weighted by molar-refractivity contribution is 5.46. The van der Waals surface area contributed by atoms with E-state index in [0.29, 0.717) is 17.8 Å². The number of likely N-dealkylation sites (N-methyl/N-ethyl adjacent to an activating group) is 1. The number of nitrogens with one attached hydrogen (secondary N) is 1. The van der Waals surface area contributed by atoms with Crippen molar-refractivity contribution in [1.82, 2.24) is 10.2 Å². The number of piperidine rings is 1. The highest BCUT2D eigenvalue weighted by Crippen LogP contribution is 2.52. The minimum atomic E-state index is 0.0724. The molecule has 0 radical (unpaired) electrons. The first-order chi connectivity index (χ1) is 11.7. The van der Waals surface area contributed by atoms with Crippen molar-refractivity contribution in [3.05, 3.63) is 29.3 Å². The third-order valence-corrected chi connectivity index (χ3v) is 6.95. The first-order valence-electron chi connectivity index (χ1n) is 9.55. The Morgan fingerprint density at radius 2 is 2.25 bits per heavy atom. The Labute approximate surface area is 144 Å². The maximum Gasteiger partial charge on any atom is 0.115 e. The predicted molar refractivity (Wildman–Crippen MR) is 93.4 cm³/mol. The summed E-state index contributed by atoms with van der Waals surface area (Å²) in [5.41, 5.74) is 2.85. The number of fused-ring (bicyclic) bond motifs is 1. The first kappa shape index (κ1) is 15.2. The van der Waals surface area contributed by atoms with Gasteiger partial charge >= 0.3 is 0 Å². The fourth-order valence-corrected chi connectivity index (χ4v) is 5.53. The van der Waals surface area contributed by atoms with E-state index in [1.165, 1.54) is 37.1 Å². The largest absolute Gasteiger partial charge is 0.508 e. The van der Waals surface area contributed by atoms with E-state index in [2.05, 4.69) is 16.3 Å². The summed E-state index contributed by atoms with van der Waals surface area (Å²) >= 11 is 0. The Balaban J connectivity index is 1.57. The molecule has 2 aliphatic carbocycles. The molecule has 4 aliphatic rings. The topological polar surface area (TPSA) is 44.7 Å². The van der Waals surface area contributed by atoms with Crippen LogP contribution in [-0.4, -0.2) is 54.9 Å². The van der Waals surface area contributed by atoms with Crippen LogP contribution in [0.4, 0.5) is 0 Å². The van der Waals surface area contributed by atoms with Gasteiger partial charge in [-0.1, -0.05) is 6.07 Å². The molecule has 0 amide bonds. The molecule has 1 saturated carbocycles. The number of aromatic hydroxyl groups is 1. The molecule has 4 nitrogen and oxygen atoms in total. The zero-order valence-corrected chi connectivity index (χ0v) is 14.5. The van der Waals surface area contributed by atoms with Crippen molar-refractivity contribution in [3.63, 3.8) is 0 Å². The van der Waals surface area contributed by atoms with E-state index >= 15 is 0 Å². The molecule has 2 aliphatic heterocycles. The number of ether oxygens (including phenoxy) is 1. The second-order valence-electron chi connectivity index (χ2n) is 8.40. The van der Waals surface area contributed by atoms with Crippen LogP contribution in [0, 0.1) is 5.92 Å². The molecular weight excluding hydrogens is 300 g/mol. The molecule has 2 N–H and O–H groups in total. The second kappa shape index (κ2) is 5.45. The number of nitrogens with zero attached hydrogens (tertiary/aromatic N) is 1. The quantitative estimate of drug-likeness (QED) is 0.891. The Morgan fingerprint density at radius 1 is 1.38 bits per heavy atom. The highest BCUT2D eigenvalue weighted by atomic mass is 16.5. The van der Waals surface area contributed by atoms with Crippen molar-refractivity contribution >= 4 is 0 Å². The van der Waals surface area contributed by atoms with E-state index < -0.39 is 0 Å². The van der Waals surface area contributed by atoms with Crippen LogP contribution in [0.2, 0.25) is 0 Å². The first-order valence-corrected chi connectivity index (χ1v) is 9.55. The highest BCUT2D eigenvalue weighted by Gasteiger charge is 2.57. The molecule has 0 spiro atoms. The Bertz CT molecular complexity index is 645. The third kappa shape index (κ3) is 2.23. The fraction of sp³-hybridized carbons (Fsp3) is 0.700. The van der Waals surface area contributed by atoms with Gasteiger partial charge in [0.25, 0.3) is 0 Å². The molecule has 0 aromatic heterocycles. The van der Waals surface area contributed by atoms with Gasteiger partial charge in [-0.15, -0.1) is 0 Å². The lowest BCUT2D eigenvalue weighted by Gasteiger charge is -2.59. The summed E-state index contributed by atoms with van der Waals surface area (Å²) in [5, 5.41) is 13.5. The normalized spacial score (nSPS) is 38.5. The van der Waals surface area contributed by atoms with Gasteiger partial charge < -0.3 is 15.2 Å². The SMILES string of the molecule is CNC1COC2C3Cc4ccc(O)cc4C2(CCN3CC2CC2)C1. The van der Waals surface area contributed by atoms with Crippen molar-refractivity contribution < 1.29 is 9.84 Å². The van der Waals surface area contributed by atoms with E-state index in [1.807, 2.05) is 19.2 Å². The fourth-order valence-electron chi connectivity index (χ4n) is 5.53. The van der Waals surface area contributed by atoms with E-state index in [0.717, 1.165) is 31.8 Å². The van der Waals surface area contributed by atoms with Crippen molar-refractivity contribution in [2.45, 2.75) is 55.7 Å². The monoisotopic (exact) mass is 328 g/mol. The maximum atomic E-state index is 10.1. The van der Waals surface area contributed by atoms with Gasteiger partial charge in [-0.25, -0.2) is 0 Å². The molecule has 2 heterocycles. The van der Waals surface area contributed by atoms with Crippen molar-refractivity contribution in [1.29, 1.82) is 0 Å². The van der Waals surface area contributed by atoms with Gasteiger partial charge in [-0.2, -0.15) is 0 Å². The summed E-state index contributed by atoms with van der Waals surface area (Å²) in [6.45, 7) is 3.24. The lowest BCUT2D eigenvalue weighted by molar-refractivity contribution is -0.137. The standard InChI is InChI=1S/C20H28N2O2/c1-21-15-10-20-6-7-22(11-13-2-3-13)18(19(20)24-12-15)8-14-4-5-16(23)9-17(14)20/h4-5,9,13,15,18-19,21,23H,2-3,6-8,10-12H2,1H3. The lowest BCUT2D eigenvalue weighted by atomic mass is 9.58. The van der Waals surface area contributed by atoms with Crippen LogP contribution in [-0.2, 0) is 16.6 Å². The van der Waals surface area contributed by atoms with Crippen LogP contribution in [0.25, 0.3) is 0 Å². The molecule has 1 aromatic carbocycles. The number of phenolic OH excluding ortho intramolecular Hbond substituents is 1. The number of likely N-dealkylation sites (tertiary alicyclic amines) is 1. The predicted octanol–water partition coefficient (Wildman–Crippen LogP) is 2.05.